The van der Waals surface area contributed by atoms with Crippen molar-refractivity contribution < 1.29 is 23.7 Å². The molecule has 30 heavy (non-hydrogen) atoms. The van der Waals surface area contributed by atoms with Gasteiger partial charge in [0.1, 0.15) is 17.3 Å². The van der Waals surface area contributed by atoms with Crippen LogP contribution in [0.5, 0.6) is 5.75 Å². The zero-order chi connectivity index (χ0) is 21.5. The van der Waals surface area contributed by atoms with Gasteiger partial charge in [0.25, 0.3) is 5.69 Å². The Bertz CT molecular complexity index is 1090. The van der Waals surface area contributed by atoms with Crippen LogP contribution in [-0.4, -0.2) is 30.1 Å². The lowest BCUT2D eigenvalue weighted by atomic mass is 10.1. The zero-order valence-electron chi connectivity index (χ0n) is 15.7. The molecular weight excluding hydrogens is 392 g/mol. The molecule has 0 atom stereocenters. The van der Waals surface area contributed by atoms with Crippen molar-refractivity contribution in [2.24, 2.45) is 5.10 Å². The zero-order valence-corrected chi connectivity index (χ0v) is 15.7. The summed E-state index contributed by atoms with van der Waals surface area (Å²) in [6.45, 7) is 0. The number of hydrogen-bond acceptors (Lipinski definition) is 7. The Morgan fingerprint density at radius 1 is 1.03 bits per heavy atom. The number of ether oxygens (including phenoxy) is 1. The fraction of sp³-hybridized carbons (Fsp3) is 0.0500. The van der Waals surface area contributed by atoms with Crippen LogP contribution in [0.3, 0.4) is 0 Å². The highest BCUT2D eigenvalue weighted by Gasteiger charge is 2.13. The van der Waals surface area contributed by atoms with Gasteiger partial charge >= 0.3 is 11.8 Å². The summed E-state index contributed by atoms with van der Waals surface area (Å²) in [5.41, 5.74) is 3.15. The molecule has 0 aliphatic rings. The van der Waals surface area contributed by atoms with Gasteiger partial charge in [-0.3, -0.25) is 19.7 Å². The average molecular weight is 408 g/mol. The molecule has 3 aromatic rings. The van der Waals surface area contributed by atoms with E-state index in [1.165, 1.54) is 25.5 Å². The molecule has 0 fully saturated rings. The third kappa shape index (κ3) is 5.07. The largest absolute Gasteiger partial charge is 0.497 e. The first-order chi connectivity index (χ1) is 14.5. The number of nitro groups is 1. The van der Waals surface area contributed by atoms with Gasteiger partial charge < -0.3 is 14.5 Å². The molecular formula is C20H16N4O6. The Labute approximate surface area is 170 Å². The molecule has 2 amide bonds. The number of amides is 2. The van der Waals surface area contributed by atoms with Crippen LogP contribution in [0, 0.1) is 10.1 Å². The topological polar surface area (TPSA) is 136 Å². The number of benzene rings is 2. The minimum atomic E-state index is -0.954. The molecule has 3 rings (SSSR count). The van der Waals surface area contributed by atoms with E-state index >= 15 is 0 Å². The minimum Gasteiger partial charge on any atom is -0.497 e. The molecule has 2 aromatic carbocycles. The van der Waals surface area contributed by atoms with E-state index in [0.717, 1.165) is 0 Å². The number of nitrogens with zero attached hydrogens (tertiary/aromatic N) is 2. The highest BCUT2D eigenvalue weighted by atomic mass is 16.6. The van der Waals surface area contributed by atoms with E-state index < -0.39 is 16.7 Å². The summed E-state index contributed by atoms with van der Waals surface area (Å²) in [6.07, 6.45) is 1.23. The van der Waals surface area contributed by atoms with E-state index in [9.17, 15) is 19.7 Å². The monoisotopic (exact) mass is 408 g/mol. The van der Waals surface area contributed by atoms with Crippen LogP contribution >= 0.6 is 0 Å². The number of hydrogen-bond donors (Lipinski definition) is 2. The molecule has 0 saturated carbocycles. The molecule has 0 unspecified atom stereocenters. The highest BCUT2D eigenvalue weighted by molar-refractivity contribution is 6.39. The molecule has 0 aliphatic heterocycles. The summed E-state index contributed by atoms with van der Waals surface area (Å²) in [6, 6.07) is 15.6. The quantitative estimate of drug-likeness (QED) is 0.278. The lowest BCUT2D eigenvalue weighted by molar-refractivity contribution is -0.384. The van der Waals surface area contributed by atoms with Gasteiger partial charge in [0, 0.05) is 23.4 Å². The molecule has 10 heteroatoms. The van der Waals surface area contributed by atoms with Crippen LogP contribution in [-0.2, 0) is 9.59 Å². The van der Waals surface area contributed by atoms with Gasteiger partial charge in [0.15, 0.2) is 0 Å². The van der Waals surface area contributed by atoms with Gasteiger partial charge in [-0.05, 0) is 48.5 Å². The first-order valence-corrected chi connectivity index (χ1v) is 8.59. The van der Waals surface area contributed by atoms with Gasteiger partial charge in [-0.1, -0.05) is 0 Å². The van der Waals surface area contributed by atoms with Crippen LogP contribution in [0.4, 0.5) is 11.4 Å². The molecule has 10 nitrogen and oxygen atoms in total. The van der Waals surface area contributed by atoms with Crippen LogP contribution in [0.2, 0.25) is 0 Å². The van der Waals surface area contributed by atoms with Crippen molar-refractivity contribution in [1.29, 1.82) is 0 Å². The van der Waals surface area contributed by atoms with Crippen molar-refractivity contribution in [1.82, 2.24) is 5.43 Å². The average Bonchev–Trinajstić information content (AvgIpc) is 3.23. The number of methoxy groups -OCH3 is 1. The molecule has 2 N–H and O–H groups in total. The predicted molar refractivity (Wildman–Crippen MR) is 108 cm³/mol. The molecule has 1 heterocycles. The lowest BCUT2D eigenvalue weighted by Crippen LogP contribution is -2.32. The summed E-state index contributed by atoms with van der Waals surface area (Å²) < 4.78 is 10.6. The maximum Gasteiger partial charge on any atom is 0.329 e. The van der Waals surface area contributed by atoms with Crippen molar-refractivity contribution in [2.45, 2.75) is 0 Å². The number of anilines is 1. The van der Waals surface area contributed by atoms with Crippen LogP contribution < -0.4 is 15.5 Å². The molecule has 0 bridgehead atoms. The first-order valence-electron chi connectivity index (χ1n) is 8.59. The van der Waals surface area contributed by atoms with E-state index in [-0.39, 0.29) is 5.69 Å². The van der Waals surface area contributed by atoms with Crippen LogP contribution in [0.15, 0.2) is 70.2 Å². The van der Waals surface area contributed by atoms with Gasteiger partial charge in [0.2, 0.25) is 0 Å². The normalized spacial score (nSPS) is 10.6. The maximum atomic E-state index is 11.9. The Hall–Kier alpha value is -4.47. The van der Waals surface area contributed by atoms with Crippen molar-refractivity contribution in [3.63, 3.8) is 0 Å². The molecule has 1 aromatic heterocycles. The standard InChI is InChI=1S/C20H16N4O6/c1-29-16-8-4-14(5-9-16)22-19(25)20(26)23-21-12-17-10-11-18(30-17)13-2-6-15(7-3-13)24(27)28/h2-12H,1H3,(H,22,25)(H,23,26)/b21-12-. The summed E-state index contributed by atoms with van der Waals surface area (Å²) in [5, 5.41) is 16.8. The van der Waals surface area contributed by atoms with Gasteiger partial charge in [-0.15, -0.1) is 0 Å². The van der Waals surface area contributed by atoms with Crippen LogP contribution in [0.1, 0.15) is 5.76 Å². The minimum absolute atomic E-state index is 0.0253. The number of carbonyl (C=O) groups is 2. The Kier molecular flexibility index (Phi) is 6.18. The highest BCUT2D eigenvalue weighted by Crippen LogP contribution is 2.24. The van der Waals surface area contributed by atoms with Crippen molar-refractivity contribution >= 4 is 29.4 Å². The number of rotatable bonds is 6. The lowest BCUT2D eigenvalue weighted by Gasteiger charge is -2.05. The van der Waals surface area contributed by atoms with Crippen molar-refractivity contribution in [3.05, 3.63) is 76.5 Å². The second-order valence-corrected chi connectivity index (χ2v) is 5.89. The summed E-state index contributed by atoms with van der Waals surface area (Å²) >= 11 is 0. The number of nitro benzene ring substituents is 1. The van der Waals surface area contributed by atoms with E-state index in [2.05, 4.69) is 15.8 Å². The van der Waals surface area contributed by atoms with E-state index in [4.69, 9.17) is 9.15 Å². The predicted octanol–water partition coefficient (Wildman–Crippen LogP) is 2.95. The SMILES string of the molecule is COc1ccc(NC(=O)C(=O)N/N=C\c2ccc(-c3ccc([N+](=O)[O-])cc3)o2)cc1. The second-order valence-electron chi connectivity index (χ2n) is 5.89. The number of non-ortho nitro benzene ring substituents is 1. The number of hydrazone groups is 1. The van der Waals surface area contributed by atoms with Crippen LogP contribution in [0.25, 0.3) is 11.3 Å². The molecule has 0 spiro atoms. The number of carbonyl (C=O) groups excluding carboxylic acids is 2. The maximum absolute atomic E-state index is 11.9. The van der Waals surface area contributed by atoms with E-state index in [1.54, 1.807) is 48.5 Å². The van der Waals surface area contributed by atoms with E-state index in [0.29, 0.717) is 28.5 Å². The van der Waals surface area contributed by atoms with Gasteiger partial charge in [-0.25, -0.2) is 5.43 Å². The fourth-order valence-electron chi connectivity index (χ4n) is 2.39. The Morgan fingerprint density at radius 2 is 1.73 bits per heavy atom. The van der Waals surface area contributed by atoms with E-state index in [1.807, 2.05) is 0 Å². The van der Waals surface area contributed by atoms with Crippen molar-refractivity contribution in [3.8, 4) is 17.1 Å². The second kappa shape index (κ2) is 9.15. The third-order valence-electron chi connectivity index (χ3n) is 3.90. The summed E-state index contributed by atoms with van der Waals surface area (Å²) in [4.78, 5) is 33.9. The Morgan fingerprint density at radius 3 is 2.37 bits per heavy atom. The first kappa shape index (κ1) is 20.3. The molecule has 0 radical (unpaired) electrons. The molecule has 0 aliphatic carbocycles. The fourth-order valence-corrected chi connectivity index (χ4v) is 2.39. The van der Waals surface area contributed by atoms with Gasteiger partial charge in [-0.2, -0.15) is 5.10 Å². The Balaban J connectivity index is 1.55. The molecule has 152 valence electrons. The third-order valence-corrected chi connectivity index (χ3v) is 3.90. The number of furan rings is 1. The molecule has 0 saturated heterocycles. The summed E-state index contributed by atoms with van der Waals surface area (Å²) in [5.74, 6) is -0.435. The van der Waals surface area contributed by atoms with Crippen molar-refractivity contribution in [2.75, 3.05) is 12.4 Å². The smallest absolute Gasteiger partial charge is 0.329 e. The van der Waals surface area contributed by atoms with Gasteiger partial charge in [0.05, 0.1) is 18.2 Å². The number of nitrogens with one attached hydrogen (secondary N) is 2. The summed E-state index contributed by atoms with van der Waals surface area (Å²) in [7, 11) is 1.52.